The van der Waals surface area contributed by atoms with Crippen molar-refractivity contribution in [1.82, 2.24) is 10.2 Å². The van der Waals surface area contributed by atoms with E-state index >= 15 is 0 Å². The van der Waals surface area contributed by atoms with E-state index in [0.29, 0.717) is 5.92 Å². The summed E-state index contributed by atoms with van der Waals surface area (Å²) in [6.07, 6.45) is 2.59. The number of benzene rings is 1. The third-order valence-corrected chi connectivity index (χ3v) is 5.46. The summed E-state index contributed by atoms with van der Waals surface area (Å²) in [7, 11) is 0. The Morgan fingerprint density at radius 3 is 2.80 bits per heavy atom. The lowest BCUT2D eigenvalue weighted by molar-refractivity contribution is 0.212. The van der Waals surface area contributed by atoms with Crippen LogP contribution in [0.3, 0.4) is 0 Å². The fraction of sp³-hybridized carbons (Fsp3) is 0.667. The Bertz CT molecular complexity index is 417. The maximum Gasteiger partial charge on any atom is 0.0137 e. The number of hydrogen-bond donors (Lipinski definition) is 1. The predicted molar refractivity (Wildman–Crippen MR) is 85.0 cm³/mol. The summed E-state index contributed by atoms with van der Waals surface area (Å²) in [5.41, 5.74) is 1.49. The van der Waals surface area contributed by atoms with E-state index in [-0.39, 0.29) is 0 Å². The van der Waals surface area contributed by atoms with E-state index in [4.69, 9.17) is 0 Å². The fourth-order valence-corrected chi connectivity index (χ4v) is 4.24. The van der Waals surface area contributed by atoms with Gasteiger partial charge in [0.2, 0.25) is 0 Å². The highest BCUT2D eigenvalue weighted by molar-refractivity contribution is 5.18. The van der Waals surface area contributed by atoms with Crippen LogP contribution in [0.25, 0.3) is 0 Å². The summed E-state index contributed by atoms with van der Waals surface area (Å²) >= 11 is 0. The minimum Gasteiger partial charge on any atom is -0.316 e. The molecule has 4 unspecified atom stereocenters. The van der Waals surface area contributed by atoms with Crippen molar-refractivity contribution in [2.75, 3.05) is 26.2 Å². The molecule has 0 bridgehead atoms. The van der Waals surface area contributed by atoms with Gasteiger partial charge >= 0.3 is 0 Å². The minimum atomic E-state index is 0.673. The largest absolute Gasteiger partial charge is 0.316 e. The molecular formula is C18H28N2. The second-order valence-corrected chi connectivity index (χ2v) is 6.65. The van der Waals surface area contributed by atoms with Crippen molar-refractivity contribution in [2.45, 2.75) is 38.6 Å². The van der Waals surface area contributed by atoms with E-state index < -0.39 is 0 Å². The first kappa shape index (κ1) is 14.1. The zero-order valence-electron chi connectivity index (χ0n) is 12.9. The van der Waals surface area contributed by atoms with Crippen molar-refractivity contribution in [2.24, 2.45) is 11.8 Å². The Morgan fingerprint density at radius 2 is 2.05 bits per heavy atom. The topological polar surface area (TPSA) is 15.3 Å². The van der Waals surface area contributed by atoms with Crippen LogP contribution in [0, 0.1) is 11.8 Å². The quantitative estimate of drug-likeness (QED) is 0.886. The van der Waals surface area contributed by atoms with Gasteiger partial charge in [0.25, 0.3) is 0 Å². The summed E-state index contributed by atoms with van der Waals surface area (Å²) in [6, 6.07) is 11.8. The average Bonchev–Trinajstić information content (AvgIpc) is 3.05. The highest BCUT2D eigenvalue weighted by atomic mass is 15.2. The molecule has 110 valence electrons. The second kappa shape index (κ2) is 6.28. The Kier molecular flexibility index (Phi) is 4.42. The summed E-state index contributed by atoms with van der Waals surface area (Å²) in [5.74, 6) is 2.49. The highest BCUT2D eigenvalue weighted by Gasteiger charge is 2.42. The molecule has 2 saturated heterocycles. The molecule has 1 N–H and O–H groups in total. The predicted octanol–water partition coefficient (Wildman–Crippen LogP) is 3.11. The lowest BCUT2D eigenvalue weighted by Gasteiger charge is -2.28. The van der Waals surface area contributed by atoms with Gasteiger partial charge in [0.15, 0.2) is 0 Å². The van der Waals surface area contributed by atoms with Gasteiger partial charge in [-0.3, -0.25) is 4.90 Å². The van der Waals surface area contributed by atoms with Crippen molar-refractivity contribution >= 4 is 0 Å². The molecular weight excluding hydrogens is 244 g/mol. The van der Waals surface area contributed by atoms with Crippen LogP contribution < -0.4 is 5.32 Å². The standard InChI is InChI=1S/C18H28N2/c1-3-18-17-12-19-11-16(17)13-20(18)10-9-14(2)15-7-5-4-6-8-15/h4-8,14,16-19H,3,9-13H2,1-2H3. The second-order valence-electron chi connectivity index (χ2n) is 6.65. The summed E-state index contributed by atoms with van der Waals surface area (Å²) < 4.78 is 0. The number of rotatable bonds is 5. The maximum absolute atomic E-state index is 3.57. The van der Waals surface area contributed by atoms with E-state index in [1.807, 2.05) is 0 Å². The zero-order chi connectivity index (χ0) is 13.9. The van der Waals surface area contributed by atoms with Gasteiger partial charge in [-0.2, -0.15) is 0 Å². The molecule has 0 amide bonds. The Labute approximate surface area is 123 Å². The van der Waals surface area contributed by atoms with Crippen LogP contribution >= 0.6 is 0 Å². The molecule has 20 heavy (non-hydrogen) atoms. The number of fused-ring (bicyclic) bond motifs is 1. The number of hydrogen-bond acceptors (Lipinski definition) is 2. The average molecular weight is 272 g/mol. The van der Waals surface area contributed by atoms with Gasteiger partial charge in [0, 0.05) is 12.6 Å². The number of likely N-dealkylation sites (tertiary alicyclic amines) is 1. The Hall–Kier alpha value is -0.860. The molecule has 0 spiro atoms. The molecule has 1 aromatic carbocycles. The van der Waals surface area contributed by atoms with Crippen molar-refractivity contribution < 1.29 is 0 Å². The van der Waals surface area contributed by atoms with Gasteiger partial charge in [-0.1, -0.05) is 44.2 Å². The van der Waals surface area contributed by atoms with E-state index in [1.165, 1.54) is 44.6 Å². The van der Waals surface area contributed by atoms with Crippen molar-refractivity contribution in [3.05, 3.63) is 35.9 Å². The molecule has 0 aliphatic carbocycles. The number of nitrogens with one attached hydrogen (secondary N) is 1. The third-order valence-electron chi connectivity index (χ3n) is 5.46. The van der Waals surface area contributed by atoms with Crippen LogP contribution in [0.15, 0.2) is 30.3 Å². The lowest BCUT2D eigenvalue weighted by atomic mass is 9.92. The molecule has 4 atom stereocenters. The van der Waals surface area contributed by atoms with Crippen molar-refractivity contribution in [3.63, 3.8) is 0 Å². The monoisotopic (exact) mass is 272 g/mol. The molecule has 2 aliphatic heterocycles. The first-order valence-corrected chi connectivity index (χ1v) is 8.29. The number of nitrogens with zero attached hydrogens (tertiary/aromatic N) is 1. The SMILES string of the molecule is CCC1C2CNCC2CN1CCC(C)c1ccccc1. The lowest BCUT2D eigenvalue weighted by Crippen LogP contribution is -2.36. The van der Waals surface area contributed by atoms with Crippen molar-refractivity contribution in [1.29, 1.82) is 0 Å². The summed E-state index contributed by atoms with van der Waals surface area (Å²) in [5, 5.41) is 3.57. The normalized spacial score (nSPS) is 31.4. The van der Waals surface area contributed by atoms with E-state index in [9.17, 15) is 0 Å². The van der Waals surface area contributed by atoms with Gasteiger partial charge in [-0.25, -0.2) is 0 Å². The molecule has 1 aromatic rings. The smallest absolute Gasteiger partial charge is 0.0137 e. The summed E-state index contributed by atoms with van der Waals surface area (Å²) in [6.45, 7) is 9.80. The van der Waals surface area contributed by atoms with Gasteiger partial charge in [-0.05, 0) is 55.8 Å². The zero-order valence-corrected chi connectivity index (χ0v) is 12.9. The van der Waals surface area contributed by atoms with Gasteiger partial charge in [0.1, 0.15) is 0 Å². The molecule has 2 fully saturated rings. The van der Waals surface area contributed by atoms with Gasteiger partial charge < -0.3 is 5.32 Å². The Balaban J connectivity index is 1.56. The van der Waals surface area contributed by atoms with Crippen molar-refractivity contribution in [3.8, 4) is 0 Å². The minimum absolute atomic E-state index is 0.673. The highest BCUT2D eigenvalue weighted by Crippen LogP contribution is 2.34. The van der Waals surface area contributed by atoms with Crippen LogP contribution in [0.4, 0.5) is 0 Å². The van der Waals surface area contributed by atoms with Gasteiger partial charge in [0.05, 0.1) is 0 Å². The molecule has 0 aromatic heterocycles. The molecule has 0 radical (unpaired) electrons. The first-order chi connectivity index (χ1) is 9.79. The van der Waals surface area contributed by atoms with Crippen LogP contribution in [0.1, 0.15) is 38.2 Å². The molecule has 2 heteroatoms. The van der Waals surface area contributed by atoms with E-state index in [0.717, 1.165) is 17.9 Å². The third kappa shape index (κ3) is 2.77. The molecule has 0 saturated carbocycles. The van der Waals surface area contributed by atoms with Crippen LogP contribution in [-0.2, 0) is 0 Å². The molecule has 3 rings (SSSR count). The van der Waals surface area contributed by atoms with Gasteiger partial charge in [-0.15, -0.1) is 0 Å². The molecule has 2 nitrogen and oxygen atoms in total. The first-order valence-electron chi connectivity index (χ1n) is 8.29. The van der Waals surface area contributed by atoms with Crippen LogP contribution in [-0.4, -0.2) is 37.1 Å². The molecule has 2 heterocycles. The Morgan fingerprint density at radius 1 is 1.25 bits per heavy atom. The van der Waals surface area contributed by atoms with Crippen LogP contribution in [0.2, 0.25) is 0 Å². The fourth-order valence-electron chi connectivity index (χ4n) is 4.24. The van der Waals surface area contributed by atoms with Crippen LogP contribution in [0.5, 0.6) is 0 Å². The molecule has 2 aliphatic rings. The maximum atomic E-state index is 3.57. The summed E-state index contributed by atoms with van der Waals surface area (Å²) in [4.78, 5) is 2.77. The van der Waals surface area contributed by atoms with E-state index in [1.54, 1.807) is 0 Å². The van der Waals surface area contributed by atoms with E-state index in [2.05, 4.69) is 54.4 Å².